The first kappa shape index (κ1) is 10.0. The number of hydrogen-bond donors (Lipinski definition) is 0. The highest BCUT2D eigenvalue weighted by Crippen LogP contribution is 2.25. The number of rotatable bonds is 1. The number of halogens is 1. The van der Waals surface area contributed by atoms with Gasteiger partial charge in [-0.1, -0.05) is 12.2 Å². The summed E-state index contributed by atoms with van der Waals surface area (Å²) >= 11 is 0. The Bertz CT molecular complexity index is 230. The van der Waals surface area contributed by atoms with E-state index in [0.717, 1.165) is 5.57 Å². The van der Waals surface area contributed by atoms with Crippen LogP contribution in [0.1, 0.15) is 13.3 Å². The van der Waals surface area contributed by atoms with Gasteiger partial charge in [-0.2, -0.15) is 0 Å². The van der Waals surface area contributed by atoms with E-state index in [1.54, 1.807) is 6.92 Å². The van der Waals surface area contributed by atoms with Gasteiger partial charge in [-0.05, 0) is 6.92 Å². The van der Waals surface area contributed by atoms with E-state index in [1.807, 2.05) is 0 Å². The fourth-order valence-electron chi connectivity index (χ4n) is 1.57. The maximum absolute atomic E-state index is 13.0. The van der Waals surface area contributed by atoms with Crippen LogP contribution in [-0.4, -0.2) is 36.9 Å². The van der Waals surface area contributed by atoms with E-state index in [2.05, 4.69) is 11.3 Å². The van der Waals surface area contributed by atoms with Crippen molar-refractivity contribution >= 4 is 6.09 Å². The number of amides is 1. The van der Waals surface area contributed by atoms with Crippen LogP contribution in [0.2, 0.25) is 0 Å². The molecule has 4 heteroatoms. The van der Waals surface area contributed by atoms with E-state index in [9.17, 15) is 9.18 Å². The summed E-state index contributed by atoms with van der Waals surface area (Å²) in [7, 11) is 1.30. The predicted octanol–water partition coefficient (Wildman–Crippen LogP) is 1.74. The van der Waals surface area contributed by atoms with Gasteiger partial charge < -0.3 is 4.74 Å². The molecule has 0 aliphatic carbocycles. The van der Waals surface area contributed by atoms with Gasteiger partial charge in [-0.15, -0.1) is 0 Å². The highest BCUT2D eigenvalue weighted by molar-refractivity contribution is 5.69. The second-order valence-corrected chi connectivity index (χ2v) is 3.32. The number of alkyl halides is 1. The first-order valence-electron chi connectivity index (χ1n) is 4.20. The third kappa shape index (κ3) is 1.99. The quantitative estimate of drug-likeness (QED) is 0.585. The lowest BCUT2D eigenvalue weighted by Gasteiger charge is -2.22. The Balaban J connectivity index is 2.71. The van der Waals surface area contributed by atoms with Crippen molar-refractivity contribution in [1.82, 2.24) is 4.90 Å². The van der Waals surface area contributed by atoms with Crippen LogP contribution in [0.4, 0.5) is 9.18 Å². The molecule has 2 atom stereocenters. The molecular formula is C9H14FNO2. The van der Waals surface area contributed by atoms with Crippen LogP contribution in [0, 0.1) is 0 Å². The molecule has 0 spiro atoms. The van der Waals surface area contributed by atoms with Crippen molar-refractivity contribution in [2.45, 2.75) is 25.6 Å². The van der Waals surface area contributed by atoms with Crippen molar-refractivity contribution in [3.05, 3.63) is 12.2 Å². The van der Waals surface area contributed by atoms with Gasteiger partial charge in [0.15, 0.2) is 0 Å². The Morgan fingerprint density at radius 3 is 2.77 bits per heavy atom. The molecule has 0 N–H and O–H groups in total. The van der Waals surface area contributed by atoms with Crippen LogP contribution in [0.5, 0.6) is 0 Å². The Morgan fingerprint density at radius 1 is 1.69 bits per heavy atom. The molecule has 0 aromatic rings. The lowest BCUT2D eigenvalue weighted by Crippen LogP contribution is -2.36. The van der Waals surface area contributed by atoms with Crippen molar-refractivity contribution < 1.29 is 13.9 Å². The minimum atomic E-state index is -0.958. The number of hydrogen-bond acceptors (Lipinski definition) is 2. The number of nitrogens with zero attached hydrogens (tertiary/aromatic N) is 1. The van der Waals surface area contributed by atoms with Gasteiger partial charge in [0.25, 0.3) is 0 Å². The van der Waals surface area contributed by atoms with Crippen LogP contribution >= 0.6 is 0 Å². The monoisotopic (exact) mass is 187 g/mol. The van der Waals surface area contributed by atoms with Crippen LogP contribution < -0.4 is 0 Å². The maximum atomic E-state index is 13.0. The van der Waals surface area contributed by atoms with E-state index in [1.165, 1.54) is 12.0 Å². The second kappa shape index (κ2) is 3.77. The molecule has 1 fully saturated rings. The maximum Gasteiger partial charge on any atom is 0.410 e. The minimum Gasteiger partial charge on any atom is -0.453 e. The molecular weight excluding hydrogens is 173 g/mol. The standard InChI is InChI=1S/C9H14FNO2/c1-6(2)8-4-7(10)5-11(8)9(12)13-3/h7-8H,1,4-5H2,2-3H3/t7-,8+/m0/s1. The van der Waals surface area contributed by atoms with E-state index < -0.39 is 12.3 Å². The summed E-state index contributed by atoms with van der Waals surface area (Å²) in [5, 5.41) is 0. The fraction of sp³-hybridized carbons (Fsp3) is 0.667. The lowest BCUT2D eigenvalue weighted by molar-refractivity contribution is 0.121. The number of carbonyl (C=O) groups excluding carboxylic acids is 1. The Morgan fingerprint density at radius 2 is 2.31 bits per heavy atom. The molecule has 1 rings (SSSR count). The predicted molar refractivity (Wildman–Crippen MR) is 47.2 cm³/mol. The largest absolute Gasteiger partial charge is 0.453 e. The minimum absolute atomic E-state index is 0.115. The lowest BCUT2D eigenvalue weighted by atomic mass is 10.1. The molecule has 0 aromatic heterocycles. The molecule has 1 saturated heterocycles. The first-order chi connectivity index (χ1) is 6.06. The summed E-state index contributed by atoms with van der Waals surface area (Å²) in [4.78, 5) is 12.6. The number of ether oxygens (including phenoxy) is 1. The summed E-state index contributed by atoms with van der Waals surface area (Å²) in [5.74, 6) is 0. The average Bonchev–Trinajstić information content (AvgIpc) is 2.46. The molecule has 0 radical (unpaired) electrons. The summed E-state index contributed by atoms with van der Waals surface area (Å²) in [6, 6.07) is -0.206. The third-order valence-corrected chi connectivity index (χ3v) is 2.23. The zero-order valence-corrected chi connectivity index (χ0v) is 7.92. The Kier molecular flexibility index (Phi) is 2.90. The molecule has 0 saturated carbocycles. The number of carbonyl (C=O) groups is 1. The van der Waals surface area contributed by atoms with Crippen molar-refractivity contribution in [3.63, 3.8) is 0 Å². The Hall–Kier alpha value is -1.06. The van der Waals surface area contributed by atoms with Gasteiger partial charge in [-0.3, -0.25) is 4.90 Å². The van der Waals surface area contributed by atoms with Gasteiger partial charge in [0, 0.05) is 6.42 Å². The third-order valence-electron chi connectivity index (χ3n) is 2.23. The molecule has 0 bridgehead atoms. The molecule has 1 heterocycles. The highest BCUT2D eigenvalue weighted by Gasteiger charge is 2.36. The molecule has 1 aliphatic heterocycles. The van der Waals surface area contributed by atoms with E-state index in [-0.39, 0.29) is 12.6 Å². The van der Waals surface area contributed by atoms with Crippen LogP contribution in [0.25, 0.3) is 0 Å². The van der Waals surface area contributed by atoms with Gasteiger partial charge in [0.1, 0.15) is 6.17 Å². The van der Waals surface area contributed by atoms with Gasteiger partial charge in [0.2, 0.25) is 0 Å². The molecule has 1 amide bonds. The first-order valence-corrected chi connectivity index (χ1v) is 4.20. The molecule has 3 nitrogen and oxygen atoms in total. The van der Waals surface area contributed by atoms with Crippen molar-refractivity contribution in [2.75, 3.05) is 13.7 Å². The van der Waals surface area contributed by atoms with Gasteiger partial charge in [-0.25, -0.2) is 9.18 Å². The zero-order chi connectivity index (χ0) is 10.0. The Labute approximate surface area is 77.2 Å². The summed E-state index contributed by atoms with van der Waals surface area (Å²) in [5.41, 5.74) is 0.797. The van der Waals surface area contributed by atoms with Crippen LogP contribution in [-0.2, 0) is 4.74 Å². The summed E-state index contributed by atoms with van der Waals surface area (Å²) in [6.45, 7) is 5.63. The second-order valence-electron chi connectivity index (χ2n) is 3.32. The SMILES string of the molecule is C=C(C)[C@H]1C[C@H](F)CN1C(=O)OC. The van der Waals surface area contributed by atoms with Gasteiger partial charge >= 0.3 is 6.09 Å². The molecule has 0 unspecified atom stereocenters. The smallest absolute Gasteiger partial charge is 0.410 e. The number of likely N-dealkylation sites (tertiary alicyclic amines) is 1. The summed E-state index contributed by atoms with van der Waals surface area (Å²) < 4.78 is 17.5. The molecule has 13 heavy (non-hydrogen) atoms. The van der Waals surface area contributed by atoms with Crippen LogP contribution in [0.15, 0.2) is 12.2 Å². The number of methoxy groups -OCH3 is 1. The fourth-order valence-corrected chi connectivity index (χ4v) is 1.57. The highest BCUT2D eigenvalue weighted by atomic mass is 19.1. The molecule has 74 valence electrons. The van der Waals surface area contributed by atoms with Crippen molar-refractivity contribution in [2.24, 2.45) is 0 Å². The average molecular weight is 187 g/mol. The van der Waals surface area contributed by atoms with E-state index >= 15 is 0 Å². The van der Waals surface area contributed by atoms with Gasteiger partial charge in [0.05, 0.1) is 19.7 Å². The zero-order valence-electron chi connectivity index (χ0n) is 7.92. The van der Waals surface area contributed by atoms with Crippen molar-refractivity contribution in [3.8, 4) is 0 Å². The molecule has 0 aromatic carbocycles. The molecule has 1 aliphatic rings. The van der Waals surface area contributed by atoms with E-state index in [0.29, 0.717) is 6.42 Å². The van der Waals surface area contributed by atoms with Crippen molar-refractivity contribution in [1.29, 1.82) is 0 Å². The normalized spacial score (nSPS) is 27.5. The topological polar surface area (TPSA) is 29.5 Å². The van der Waals surface area contributed by atoms with E-state index in [4.69, 9.17) is 0 Å². The summed E-state index contributed by atoms with van der Waals surface area (Å²) in [6.07, 6.45) is -1.10. The van der Waals surface area contributed by atoms with Crippen LogP contribution in [0.3, 0.4) is 0 Å².